The Kier molecular flexibility index (Phi) is 8.06. The molecule has 5 nitrogen and oxygen atoms in total. The summed E-state index contributed by atoms with van der Waals surface area (Å²) in [5, 5.41) is 3.67. The standard InChI is InChI=1S/C25H30N4OS/c1-5-14-29(4)23-16-22(20-11-7-6-8-12-20)27-25(28-23)31-17-19-10-9-13-21(15-19)24(30)26-18(2)3/h6-13,15-16,18H,5,14,17H2,1-4H3,(H,26,30). The van der Waals surface area contributed by atoms with E-state index in [9.17, 15) is 4.79 Å². The molecule has 31 heavy (non-hydrogen) atoms. The number of aromatic nitrogens is 2. The minimum Gasteiger partial charge on any atom is -0.360 e. The fourth-order valence-electron chi connectivity index (χ4n) is 3.18. The second-order valence-electron chi connectivity index (χ2n) is 7.80. The van der Waals surface area contributed by atoms with Gasteiger partial charge in [0.2, 0.25) is 0 Å². The maximum atomic E-state index is 12.3. The molecule has 162 valence electrons. The third-order valence-corrected chi connectivity index (χ3v) is 5.61. The summed E-state index contributed by atoms with van der Waals surface area (Å²) in [6.07, 6.45) is 1.05. The highest BCUT2D eigenvalue weighted by molar-refractivity contribution is 7.98. The number of nitrogens with zero attached hydrogens (tertiary/aromatic N) is 3. The molecule has 0 aliphatic carbocycles. The lowest BCUT2D eigenvalue weighted by Gasteiger charge is -2.18. The first-order valence-corrected chi connectivity index (χ1v) is 11.6. The van der Waals surface area contributed by atoms with Gasteiger partial charge >= 0.3 is 0 Å². The third kappa shape index (κ3) is 6.56. The van der Waals surface area contributed by atoms with Crippen molar-refractivity contribution in [2.75, 3.05) is 18.5 Å². The molecule has 0 atom stereocenters. The highest BCUT2D eigenvalue weighted by atomic mass is 32.2. The largest absolute Gasteiger partial charge is 0.360 e. The van der Waals surface area contributed by atoms with Gasteiger partial charge in [0.25, 0.3) is 5.91 Å². The van der Waals surface area contributed by atoms with Crippen molar-refractivity contribution in [1.29, 1.82) is 0 Å². The van der Waals surface area contributed by atoms with Crippen LogP contribution < -0.4 is 10.2 Å². The van der Waals surface area contributed by atoms with Gasteiger partial charge in [0, 0.05) is 42.6 Å². The number of nitrogens with one attached hydrogen (secondary N) is 1. The van der Waals surface area contributed by atoms with Crippen molar-refractivity contribution >= 4 is 23.5 Å². The third-order valence-electron chi connectivity index (χ3n) is 4.69. The predicted octanol–water partition coefficient (Wildman–Crippen LogP) is 5.42. The first-order chi connectivity index (χ1) is 15.0. The van der Waals surface area contributed by atoms with Gasteiger partial charge in [-0.2, -0.15) is 0 Å². The number of anilines is 1. The SMILES string of the molecule is CCCN(C)c1cc(-c2ccccc2)nc(SCc2cccc(C(=O)NC(C)C)c2)n1. The zero-order chi connectivity index (χ0) is 22.2. The van der Waals surface area contributed by atoms with Gasteiger partial charge in [-0.3, -0.25) is 4.79 Å². The van der Waals surface area contributed by atoms with Crippen molar-refractivity contribution in [1.82, 2.24) is 15.3 Å². The molecule has 1 N–H and O–H groups in total. The summed E-state index contributed by atoms with van der Waals surface area (Å²) in [6.45, 7) is 7.01. The van der Waals surface area contributed by atoms with Crippen LogP contribution in [0.15, 0.2) is 65.8 Å². The Labute approximate surface area is 189 Å². The lowest BCUT2D eigenvalue weighted by molar-refractivity contribution is 0.0943. The van der Waals surface area contributed by atoms with Gasteiger partial charge in [0.1, 0.15) is 5.82 Å². The molecular weight excluding hydrogens is 404 g/mol. The van der Waals surface area contributed by atoms with Crippen LogP contribution in [-0.2, 0) is 5.75 Å². The van der Waals surface area contributed by atoms with Gasteiger partial charge in [-0.05, 0) is 38.0 Å². The molecule has 3 aromatic rings. The summed E-state index contributed by atoms with van der Waals surface area (Å²) in [7, 11) is 2.06. The molecule has 0 unspecified atom stereocenters. The minimum absolute atomic E-state index is 0.0485. The lowest BCUT2D eigenvalue weighted by atomic mass is 10.1. The highest BCUT2D eigenvalue weighted by Crippen LogP contribution is 2.27. The zero-order valence-electron chi connectivity index (χ0n) is 18.6. The molecule has 0 fully saturated rings. The number of thioether (sulfide) groups is 1. The minimum atomic E-state index is -0.0485. The molecule has 6 heteroatoms. The Morgan fingerprint density at radius 3 is 2.55 bits per heavy atom. The van der Waals surface area contributed by atoms with Crippen LogP contribution in [-0.4, -0.2) is 35.5 Å². The van der Waals surface area contributed by atoms with Gasteiger partial charge in [-0.15, -0.1) is 0 Å². The summed E-state index contributed by atoms with van der Waals surface area (Å²) < 4.78 is 0. The quantitative estimate of drug-likeness (QED) is 0.360. The summed E-state index contributed by atoms with van der Waals surface area (Å²) in [5.74, 6) is 1.56. The molecular formula is C25H30N4OS. The van der Waals surface area contributed by atoms with E-state index in [0.717, 1.165) is 40.8 Å². The second-order valence-corrected chi connectivity index (χ2v) is 8.74. The van der Waals surface area contributed by atoms with Crippen LogP contribution in [0.5, 0.6) is 0 Å². The molecule has 0 radical (unpaired) electrons. The molecule has 1 aromatic heterocycles. The molecule has 0 saturated carbocycles. The van der Waals surface area contributed by atoms with Crippen molar-refractivity contribution in [3.8, 4) is 11.3 Å². The number of carbonyl (C=O) groups excluding carboxylic acids is 1. The molecule has 0 aliphatic rings. The second kappa shape index (κ2) is 11.0. The molecule has 0 saturated heterocycles. The van der Waals surface area contributed by atoms with Crippen molar-refractivity contribution in [2.45, 2.75) is 44.1 Å². The van der Waals surface area contributed by atoms with E-state index in [0.29, 0.717) is 11.3 Å². The van der Waals surface area contributed by atoms with Gasteiger partial charge in [0.15, 0.2) is 5.16 Å². The summed E-state index contributed by atoms with van der Waals surface area (Å²) >= 11 is 1.59. The van der Waals surface area contributed by atoms with E-state index in [2.05, 4.69) is 36.3 Å². The number of carbonyl (C=O) groups is 1. The molecule has 0 aliphatic heterocycles. The number of benzene rings is 2. The zero-order valence-corrected chi connectivity index (χ0v) is 19.4. The van der Waals surface area contributed by atoms with Gasteiger partial charge in [0.05, 0.1) is 5.69 Å². The van der Waals surface area contributed by atoms with E-state index >= 15 is 0 Å². The topological polar surface area (TPSA) is 58.1 Å². The Morgan fingerprint density at radius 2 is 1.84 bits per heavy atom. The van der Waals surface area contributed by atoms with Crippen LogP contribution >= 0.6 is 11.8 Å². The fraction of sp³-hybridized carbons (Fsp3) is 0.320. The van der Waals surface area contributed by atoms with Crippen molar-refractivity contribution in [2.24, 2.45) is 0 Å². The Morgan fingerprint density at radius 1 is 1.06 bits per heavy atom. The van der Waals surface area contributed by atoms with E-state index in [1.807, 2.05) is 62.4 Å². The normalized spacial score (nSPS) is 10.9. The highest BCUT2D eigenvalue weighted by Gasteiger charge is 2.12. The van der Waals surface area contributed by atoms with E-state index in [1.165, 1.54) is 0 Å². The van der Waals surface area contributed by atoms with Crippen molar-refractivity contribution < 1.29 is 4.79 Å². The van der Waals surface area contributed by atoms with Gasteiger partial charge in [-0.25, -0.2) is 9.97 Å². The first-order valence-electron chi connectivity index (χ1n) is 10.6. The number of hydrogen-bond acceptors (Lipinski definition) is 5. The van der Waals surface area contributed by atoms with Gasteiger partial charge < -0.3 is 10.2 Å². The van der Waals surface area contributed by atoms with Crippen molar-refractivity contribution in [3.63, 3.8) is 0 Å². The molecule has 1 amide bonds. The fourth-order valence-corrected chi connectivity index (χ4v) is 3.97. The maximum absolute atomic E-state index is 12.3. The Hall–Kier alpha value is -2.86. The number of amides is 1. The summed E-state index contributed by atoms with van der Waals surface area (Å²) in [6, 6.07) is 20.1. The maximum Gasteiger partial charge on any atom is 0.251 e. The average molecular weight is 435 g/mol. The average Bonchev–Trinajstić information content (AvgIpc) is 2.78. The van der Waals surface area contributed by atoms with E-state index < -0.39 is 0 Å². The number of hydrogen-bond donors (Lipinski definition) is 1. The van der Waals surface area contributed by atoms with Crippen LogP contribution in [0.25, 0.3) is 11.3 Å². The van der Waals surface area contributed by atoms with Crippen LogP contribution in [0.3, 0.4) is 0 Å². The monoisotopic (exact) mass is 434 g/mol. The van der Waals surface area contributed by atoms with Crippen molar-refractivity contribution in [3.05, 3.63) is 71.8 Å². The smallest absolute Gasteiger partial charge is 0.251 e. The lowest BCUT2D eigenvalue weighted by Crippen LogP contribution is -2.30. The summed E-state index contributed by atoms with van der Waals surface area (Å²) in [5.41, 5.74) is 3.74. The molecule has 0 spiro atoms. The predicted molar refractivity (Wildman–Crippen MR) is 130 cm³/mol. The van der Waals surface area contributed by atoms with E-state index in [1.54, 1.807) is 11.8 Å². The molecule has 3 rings (SSSR count). The molecule has 0 bridgehead atoms. The summed E-state index contributed by atoms with van der Waals surface area (Å²) in [4.78, 5) is 24.1. The Balaban J connectivity index is 1.82. The Bertz CT molecular complexity index is 1010. The van der Waals surface area contributed by atoms with E-state index in [-0.39, 0.29) is 11.9 Å². The molecule has 1 heterocycles. The van der Waals surface area contributed by atoms with Crippen LogP contribution in [0.2, 0.25) is 0 Å². The van der Waals surface area contributed by atoms with E-state index in [4.69, 9.17) is 9.97 Å². The number of rotatable bonds is 9. The molecule has 2 aromatic carbocycles. The van der Waals surface area contributed by atoms with Crippen LogP contribution in [0, 0.1) is 0 Å². The van der Waals surface area contributed by atoms with Crippen LogP contribution in [0.4, 0.5) is 5.82 Å². The van der Waals surface area contributed by atoms with Crippen LogP contribution in [0.1, 0.15) is 43.1 Å². The van der Waals surface area contributed by atoms with Gasteiger partial charge in [-0.1, -0.05) is 61.2 Å². The first kappa shape index (κ1) is 22.8.